The van der Waals surface area contributed by atoms with Crippen LogP contribution in [0.3, 0.4) is 0 Å². The molecule has 0 saturated carbocycles. The number of rotatable bonds is 5. The van der Waals surface area contributed by atoms with Crippen molar-refractivity contribution in [3.05, 3.63) is 42.2 Å². The van der Waals surface area contributed by atoms with E-state index in [9.17, 15) is 0 Å². The van der Waals surface area contributed by atoms with Crippen LogP contribution in [0.2, 0.25) is 0 Å². The average molecular weight is 312 g/mol. The van der Waals surface area contributed by atoms with E-state index in [0.29, 0.717) is 5.95 Å². The van der Waals surface area contributed by atoms with E-state index in [-0.39, 0.29) is 6.04 Å². The molecule has 0 bridgehead atoms. The number of hydrogen-bond acceptors (Lipinski definition) is 5. The van der Waals surface area contributed by atoms with Gasteiger partial charge in [0.05, 0.1) is 18.3 Å². The first kappa shape index (κ1) is 15.9. The summed E-state index contributed by atoms with van der Waals surface area (Å²) in [5.41, 5.74) is 9.15. The van der Waals surface area contributed by atoms with Gasteiger partial charge < -0.3 is 10.5 Å². The molecular formula is C18H24N4O. The van der Waals surface area contributed by atoms with Crippen LogP contribution >= 0.6 is 0 Å². The summed E-state index contributed by atoms with van der Waals surface area (Å²) in [7, 11) is 1.75. The van der Waals surface area contributed by atoms with Crippen LogP contribution in [0.5, 0.6) is 0 Å². The summed E-state index contributed by atoms with van der Waals surface area (Å²) >= 11 is 0. The second-order valence-corrected chi connectivity index (χ2v) is 5.93. The summed E-state index contributed by atoms with van der Waals surface area (Å²) in [5.74, 6) is 0.344. The summed E-state index contributed by atoms with van der Waals surface area (Å²) in [5, 5.41) is 0. The van der Waals surface area contributed by atoms with Gasteiger partial charge in [-0.15, -0.1) is 0 Å². The lowest BCUT2D eigenvalue weighted by molar-refractivity contribution is 0.0945. The Morgan fingerprint density at radius 2 is 2.09 bits per heavy atom. The standard InChI is InChI=1S/C18H24N4O/c1-23-12-11-22-10-6-5-9-16(22)17-15(13-20-18(19)21-17)14-7-3-2-4-8-14/h2-4,7-8,13,16H,5-6,9-12H2,1H3,(H2,19,20,21)/t16-/m0/s1. The van der Waals surface area contributed by atoms with Gasteiger partial charge in [0, 0.05) is 25.4 Å². The highest BCUT2D eigenvalue weighted by atomic mass is 16.5. The molecule has 1 aliphatic rings. The molecule has 5 nitrogen and oxygen atoms in total. The summed E-state index contributed by atoms with van der Waals surface area (Å²) in [6.07, 6.45) is 5.39. The molecule has 1 atom stereocenters. The van der Waals surface area contributed by atoms with E-state index in [4.69, 9.17) is 10.5 Å². The second kappa shape index (κ2) is 7.53. The Morgan fingerprint density at radius 3 is 2.87 bits per heavy atom. The number of aromatic nitrogens is 2. The van der Waals surface area contributed by atoms with Crippen molar-refractivity contribution in [1.82, 2.24) is 14.9 Å². The third kappa shape index (κ3) is 3.68. The third-order valence-electron chi connectivity index (χ3n) is 4.43. The SMILES string of the molecule is COCCN1CCCC[C@H]1c1nc(N)ncc1-c1ccccc1. The Labute approximate surface area is 137 Å². The normalized spacial score (nSPS) is 18.9. The molecule has 0 amide bonds. The zero-order valence-electron chi connectivity index (χ0n) is 13.6. The predicted molar refractivity (Wildman–Crippen MR) is 91.9 cm³/mol. The van der Waals surface area contributed by atoms with Gasteiger partial charge in [-0.05, 0) is 24.9 Å². The summed E-state index contributed by atoms with van der Waals surface area (Å²) in [6, 6.07) is 10.6. The lowest BCUT2D eigenvalue weighted by atomic mass is 9.94. The van der Waals surface area contributed by atoms with Crippen LogP contribution in [0.1, 0.15) is 31.0 Å². The van der Waals surface area contributed by atoms with Crippen LogP contribution in [0.25, 0.3) is 11.1 Å². The molecule has 1 aromatic heterocycles. The topological polar surface area (TPSA) is 64.3 Å². The minimum Gasteiger partial charge on any atom is -0.383 e. The number of likely N-dealkylation sites (tertiary alicyclic amines) is 1. The average Bonchev–Trinajstić information content (AvgIpc) is 2.61. The van der Waals surface area contributed by atoms with Gasteiger partial charge in [-0.1, -0.05) is 36.8 Å². The third-order valence-corrected chi connectivity index (χ3v) is 4.43. The first-order valence-electron chi connectivity index (χ1n) is 8.20. The molecule has 1 fully saturated rings. The van der Waals surface area contributed by atoms with Crippen molar-refractivity contribution in [2.24, 2.45) is 0 Å². The molecule has 3 rings (SSSR count). The second-order valence-electron chi connectivity index (χ2n) is 5.93. The maximum atomic E-state index is 5.89. The molecule has 1 aliphatic heterocycles. The molecule has 2 N–H and O–H groups in total. The van der Waals surface area contributed by atoms with Gasteiger partial charge in [0.2, 0.25) is 5.95 Å². The van der Waals surface area contributed by atoms with Gasteiger partial charge in [-0.2, -0.15) is 0 Å². The van der Waals surface area contributed by atoms with E-state index < -0.39 is 0 Å². The number of nitrogen functional groups attached to an aromatic ring is 1. The monoisotopic (exact) mass is 312 g/mol. The summed E-state index contributed by atoms with van der Waals surface area (Å²) < 4.78 is 5.27. The Hall–Kier alpha value is -1.98. The van der Waals surface area contributed by atoms with Gasteiger partial charge in [-0.3, -0.25) is 4.90 Å². The number of hydrogen-bond donors (Lipinski definition) is 1. The number of piperidine rings is 1. The van der Waals surface area contributed by atoms with E-state index in [0.717, 1.165) is 42.9 Å². The van der Waals surface area contributed by atoms with Crippen LogP contribution in [0, 0.1) is 0 Å². The van der Waals surface area contributed by atoms with Crippen molar-refractivity contribution >= 4 is 5.95 Å². The number of anilines is 1. The van der Waals surface area contributed by atoms with E-state index in [2.05, 4.69) is 27.0 Å². The molecule has 0 spiro atoms. The van der Waals surface area contributed by atoms with Gasteiger partial charge in [-0.25, -0.2) is 9.97 Å². The van der Waals surface area contributed by atoms with E-state index >= 15 is 0 Å². The fourth-order valence-electron chi connectivity index (χ4n) is 3.28. The summed E-state index contributed by atoms with van der Waals surface area (Å²) in [6.45, 7) is 2.73. The van der Waals surface area contributed by atoms with Gasteiger partial charge in [0.15, 0.2) is 0 Å². The van der Waals surface area contributed by atoms with E-state index in [1.807, 2.05) is 24.4 Å². The molecule has 5 heteroatoms. The van der Waals surface area contributed by atoms with E-state index in [1.54, 1.807) is 7.11 Å². The lowest BCUT2D eigenvalue weighted by Gasteiger charge is -2.36. The van der Waals surface area contributed by atoms with Crippen molar-refractivity contribution in [3.8, 4) is 11.1 Å². The maximum absolute atomic E-state index is 5.89. The van der Waals surface area contributed by atoms with Gasteiger partial charge in [0.1, 0.15) is 0 Å². The molecule has 1 aromatic carbocycles. The number of ether oxygens (including phenoxy) is 1. The highest BCUT2D eigenvalue weighted by Crippen LogP contribution is 2.35. The molecule has 0 aliphatic carbocycles. The molecule has 122 valence electrons. The van der Waals surface area contributed by atoms with Crippen LogP contribution in [0.15, 0.2) is 36.5 Å². The van der Waals surface area contributed by atoms with Crippen molar-refractivity contribution in [2.75, 3.05) is 32.5 Å². The number of nitrogens with two attached hydrogens (primary N) is 1. The van der Waals surface area contributed by atoms with Crippen molar-refractivity contribution in [3.63, 3.8) is 0 Å². The lowest BCUT2D eigenvalue weighted by Crippen LogP contribution is -2.36. The fourth-order valence-corrected chi connectivity index (χ4v) is 3.28. The van der Waals surface area contributed by atoms with Crippen LogP contribution in [-0.4, -0.2) is 41.7 Å². The molecular weight excluding hydrogens is 288 g/mol. The Bertz CT molecular complexity index is 632. The Balaban J connectivity index is 1.98. The van der Waals surface area contributed by atoms with Crippen molar-refractivity contribution in [1.29, 1.82) is 0 Å². The highest BCUT2D eigenvalue weighted by molar-refractivity contribution is 5.66. The highest BCUT2D eigenvalue weighted by Gasteiger charge is 2.27. The first-order valence-corrected chi connectivity index (χ1v) is 8.20. The van der Waals surface area contributed by atoms with Crippen molar-refractivity contribution < 1.29 is 4.74 Å². The van der Waals surface area contributed by atoms with Crippen LogP contribution in [0.4, 0.5) is 5.95 Å². The number of methoxy groups -OCH3 is 1. The minimum absolute atomic E-state index is 0.277. The van der Waals surface area contributed by atoms with Gasteiger partial charge >= 0.3 is 0 Å². The maximum Gasteiger partial charge on any atom is 0.220 e. The molecule has 2 aromatic rings. The van der Waals surface area contributed by atoms with E-state index in [1.165, 1.54) is 12.8 Å². The predicted octanol–water partition coefficient (Wildman–Crippen LogP) is 2.90. The molecule has 0 radical (unpaired) electrons. The van der Waals surface area contributed by atoms with Crippen LogP contribution < -0.4 is 5.73 Å². The zero-order chi connectivity index (χ0) is 16.1. The molecule has 2 heterocycles. The quantitative estimate of drug-likeness (QED) is 0.919. The Kier molecular flexibility index (Phi) is 5.20. The van der Waals surface area contributed by atoms with Gasteiger partial charge in [0.25, 0.3) is 0 Å². The molecule has 23 heavy (non-hydrogen) atoms. The number of nitrogens with zero attached hydrogens (tertiary/aromatic N) is 3. The van der Waals surface area contributed by atoms with Crippen LogP contribution in [-0.2, 0) is 4.74 Å². The van der Waals surface area contributed by atoms with Crippen molar-refractivity contribution in [2.45, 2.75) is 25.3 Å². The largest absolute Gasteiger partial charge is 0.383 e. The first-order chi connectivity index (χ1) is 11.3. The number of benzene rings is 1. The fraction of sp³-hybridized carbons (Fsp3) is 0.444. The smallest absolute Gasteiger partial charge is 0.220 e. The Morgan fingerprint density at radius 1 is 1.26 bits per heavy atom. The molecule has 1 saturated heterocycles. The summed E-state index contributed by atoms with van der Waals surface area (Å²) in [4.78, 5) is 11.3. The molecule has 0 unspecified atom stereocenters. The minimum atomic E-state index is 0.277. The zero-order valence-corrected chi connectivity index (χ0v) is 13.6.